The lowest BCUT2D eigenvalue weighted by Crippen LogP contribution is -2.55. The Morgan fingerprint density at radius 2 is 2.10 bits per heavy atom. The number of benzene rings is 1. The maximum absolute atomic E-state index is 5.57. The Labute approximate surface area is 128 Å². The van der Waals surface area contributed by atoms with Crippen LogP contribution in [0.5, 0.6) is 0 Å². The van der Waals surface area contributed by atoms with Crippen molar-refractivity contribution in [2.24, 2.45) is 11.8 Å². The van der Waals surface area contributed by atoms with E-state index in [2.05, 4.69) is 54.4 Å². The SMILES string of the molecule is CC(C)C1CN(CC2CCOC2)C(c2ccccc2)CN1. The lowest BCUT2D eigenvalue weighted by molar-refractivity contribution is 0.0893. The molecule has 3 rings (SSSR count). The van der Waals surface area contributed by atoms with E-state index in [0.29, 0.717) is 23.9 Å². The van der Waals surface area contributed by atoms with Crippen molar-refractivity contribution in [2.75, 3.05) is 32.8 Å². The summed E-state index contributed by atoms with van der Waals surface area (Å²) in [5.74, 6) is 1.39. The van der Waals surface area contributed by atoms with Crippen molar-refractivity contribution in [1.29, 1.82) is 0 Å². The molecule has 0 saturated carbocycles. The van der Waals surface area contributed by atoms with Gasteiger partial charge in [-0.25, -0.2) is 0 Å². The number of nitrogens with one attached hydrogen (secondary N) is 1. The lowest BCUT2D eigenvalue weighted by Gasteiger charge is -2.43. The minimum Gasteiger partial charge on any atom is -0.381 e. The number of piperazine rings is 1. The van der Waals surface area contributed by atoms with Crippen LogP contribution in [-0.4, -0.2) is 43.8 Å². The number of hydrogen-bond acceptors (Lipinski definition) is 3. The first-order chi connectivity index (χ1) is 10.2. The van der Waals surface area contributed by atoms with Gasteiger partial charge in [0.2, 0.25) is 0 Å². The Kier molecular flexibility index (Phi) is 4.94. The van der Waals surface area contributed by atoms with Gasteiger partial charge in [-0.1, -0.05) is 44.2 Å². The highest BCUT2D eigenvalue weighted by Gasteiger charge is 2.32. The van der Waals surface area contributed by atoms with Crippen molar-refractivity contribution in [2.45, 2.75) is 32.4 Å². The molecule has 2 heterocycles. The first-order valence-electron chi connectivity index (χ1n) is 8.34. The van der Waals surface area contributed by atoms with Gasteiger partial charge in [-0.05, 0) is 23.8 Å². The van der Waals surface area contributed by atoms with Gasteiger partial charge in [-0.3, -0.25) is 4.90 Å². The van der Waals surface area contributed by atoms with Crippen molar-refractivity contribution >= 4 is 0 Å². The summed E-state index contributed by atoms with van der Waals surface area (Å²) in [6.07, 6.45) is 1.22. The molecular formula is C18H28N2O. The molecule has 0 bridgehead atoms. The summed E-state index contributed by atoms with van der Waals surface area (Å²) in [6, 6.07) is 12.0. The summed E-state index contributed by atoms with van der Waals surface area (Å²) in [4.78, 5) is 2.69. The largest absolute Gasteiger partial charge is 0.381 e. The Morgan fingerprint density at radius 3 is 2.76 bits per heavy atom. The summed E-state index contributed by atoms with van der Waals surface area (Å²) in [5.41, 5.74) is 1.44. The number of nitrogens with zero attached hydrogens (tertiary/aromatic N) is 1. The zero-order valence-corrected chi connectivity index (χ0v) is 13.3. The van der Waals surface area contributed by atoms with Gasteiger partial charge >= 0.3 is 0 Å². The van der Waals surface area contributed by atoms with E-state index in [4.69, 9.17) is 4.74 Å². The monoisotopic (exact) mass is 288 g/mol. The standard InChI is InChI=1S/C18H28N2O/c1-14(2)17-12-20(11-15-8-9-21-13-15)18(10-19-17)16-6-4-3-5-7-16/h3-7,14-15,17-19H,8-13H2,1-2H3. The number of rotatable bonds is 4. The molecule has 2 aliphatic heterocycles. The second-order valence-electron chi connectivity index (χ2n) is 6.87. The summed E-state index contributed by atoms with van der Waals surface area (Å²) < 4.78 is 5.57. The van der Waals surface area contributed by atoms with Crippen LogP contribution in [0.4, 0.5) is 0 Å². The third kappa shape index (κ3) is 3.65. The Balaban J connectivity index is 1.73. The molecule has 1 N–H and O–H groups in total. The first-order valence-corrected chi connectivity index (χ1v) is 8.34. The Hall–Kier alpha value is -0.900. The highest BCUT2D eigenvalue weighted by Crippen LogP contribution is 2.27. The van der Waals surface area contributed by atoms with E-state index >= 15 is 0 Å². The van der Waals surface area contributed by atoms with Gasteiger partial charge < -0.3 is 10.1 Å². The lowest BCUT2D eigenvalue weighted by atomic mass is 9.94. The van der Waals surface area contributed by atoms with Gasteiger partial charge in [0.25, 0.3) is 0 Å². The fraction of sp³-hybridized carbons (Fsp3) is 0.667. The van der Waals surface area contributed by atoms with Gasteiger partial charge in [0.1, 0.15) is 0 Å². The van der Waals surface area contributed by atoms with Crippen LogP contribution in [0.1, 0.15) is 31.9 Å². The highest BCUT2D eigenvalue weighted by atomic mass is 16.5. The summed E-state index contributed by atoms with van der Waals surface area (Å²) in [7, 11) is 0. The quantitative estimate of drug-likeness (QED) is 0.922. The van der Waals surface area contributed by atoms with Crippen LogP contribution in [0.25, 0.3) is 0 Å². The van der Waals surface area contributed by atoms with E-state index in [9.17, 15) is 0 Å². The molecule has 2 saturated heterocycles. The molecule has 1 aromatic carbocycles. The topological polar surface area (TPSA) is 24.5 Å². The molecule has 0 aromatic heterocycles. The second kappa shape index (κ2) is 6.91. The van der Waals surface area contributed by atoms with Crippen molar-refractivity contribution in [3.05, 3.63) is 35.9 Å². The van der Waals surface area contributed by atoms with E-state index in [-0.39, 0.29) is 0 Å². The third-order valence-corrected chi connectivity index (χ3v) is 4.95. The highest BCUT2D eigenvalue weighted by molar-refractivity contribution is 5.20. The normalized spacial score (nSPS) is 30.9. The van der Waals surface area contributed by atoms with Gasteiger partial charge in [-0.15, -0.1) is 0 Å². The average Bonchev–Trinajstić information content (AvgIpc) is 3.01. The molecule has 3 atom stereocenters. The van der Waals surface area contributed by atoms with Gasteiger partial charge in [0.05, 0.1) is 6.61 Å². The van der Waals surface area contributed by atoms with Crippen molar-refractivity contribution < 1.29 is 4.74 Å². The molecule has 2 fully saturated rings. The van der Waals surface area contributed by atoms with Crippen molar-refractivity contribution in [3.8, 4) is 0 Å². The van der Waals surface area contributed by atoms with Crippen molar-refractivity contribution in [1.82, 2.24) is 10.2 Å². The van der Waals surface area contributed by atoms with Gasteiger partial charge in [0.15, 0.2) is 0 Å². The number of ether oxygens (including phenoxy) is 1. The van der Waals surface area contributed by atoms with Crippen LogP contribution < -0.4 is 5.32 Å². The van der Waals surface area contributed by atoms with E-state index in [1.54, 1.807) is 0 Å². The van der Waals surface area contributed by atoms with Crippen LogP contribution in [0, 0.1) is 11.8 Å². The molecule has 3 unspecified atom stereocenters. The Bertz CT molecular complexity index is 426. The molecule has 116 valence electrons. The van der Waals surface area contributed by atoms with Crippen LogP contribution in [0.15, 0.2) is 30.3 Å². The molecular weight excluding hydrogens is 260 g/mol. The van der Waals surface area contributed by atoms with E-state index < -0.39 is 0 Å². The van der Waals surface area contributed by atoms with E-state index in [0.717, 1.165) is 26.3 Å². The fourth-order valence-corrected chi connectivity index (χ4v) is 3.55. The molecule has 0 radical (unpaired) electrons. The molecule has 3 heteroatoms. The molecule has 2 aliphatic rings. The van der Waals surface area contributed by atoms with Crippen LogP contribution in [0.2, 0.25) is 0 Å². The van der Waals surface area contributed by atoms with Crippen LogP contribution in [0.3, 0.4) is 0 Å². The molecule has 0 amide bonds. The fourth-order valence-electron chi connectivity index (χ4n) is 3.55. The number of hydrogen-bond donors (Lipinski definition) is 1. The maximum atomic E-state index is 5.57. The zero-order valence-electron chi connectivity index (χ0n) is 13.3. The van der Waals surface area contributed by atoms with Crippen LogP contribution in [-0.2, 0) is 4.74 Å². The van der Waals surface area contributed by atoms with Crippen LogP contribution >= 0.6 is 0 Å². The van der Waals surface area contributed by atoms with Gasteiger partial charge in [-0.2, -0.15) is 0 Å². The molecule has 3 nitrogen and oxygen atoms in total. The minimum absolute atomic E-state index is 0.502. The maximum Gasteiger partial charge on any atom is 0.0507 e. The zero-order chi connectivity index (χ0) is 14.7. The predicted molar refractivity (Wildman–Crippen MR) is 86.3 cm³/mol. The smallest absolute Gasteiger partial charge is 0.0507 e. The average molecular weight is 288 g/mol. The molecule has 21 heavy (non-hydrogen) atoms. The molecule has 1 aromatic rings. The second-order valence-corrected chi connectivity index (χ2v) is 6.87. The summed E-state index contributed by atoms with van der Waals surface area (Å²) in [5, 5.41) is 3.75. The molecule has 0 spiro atoms. The Morgan fingerprint density at radius 1 is 1.29 bits per heavy atom. The predicted octanol–water partition coefficient (Wildman–Crippen LogP) is 2.69. The van der Waals surface area contributed by atoms with Gasteiger partial charge in [0, 0.05) is 38.3 Å². The minimum atomic E-state index is 0.502. The van der Waals surface area contributed by atoms with E-state index in [1.165, 1.54) is 18.5 Å². The third-order valence-electron chi connectivity index (χ3n) is 4.95. The first kappa shape index (κ1) is 15.0. The van der Waals surface area contributed by atoms with E-state index in [1.807, 2.05) is 0 Å². The molecule has 0 aliphatic carbocycles. The summed E-state index contributed by atoms with van der Waals surface area (Å²) in [6.45, 7) is 9.89. The van der Waals surface area contributed by atoms with Crippen molar-refractivity contribution in [3.63, 3.8) is 0 Å². The summed E-state index contributed by atoms with van der Waals surface area (Å²) >= 11 is 0.